The molecular formula is C13H18N4O2. The van der Waals surface area contributed by atoms with Crippen LogP contribution in [0.4, 0.5) is 0 Å². The van der Waals surface area contributed by atoms with E-state index in [1.54, 1.807) is 12.5 Å². The summed E-state index contributed by atoms with van der Waals surface area (Å²) in [7, 11) is 0. The van der Waals surface area contributed by atoms with Gasteiger partial charge in [-0.2, -0.15) is 4.98 Å². The van der Waals surface area contributed by atoms with Crippen LogP contribution in [0.2, 0.25) is 0 Å². The van der Waals surface area contributed by atoms with Crippen molar-refractivity contribution in [3.05, 3.63) is 28.4 Å². The standard InChI is InChI=1S/C13H18N4O2/c1-4-5-9-12(18)15-11(16-13(9)19)10-6-14-7-17(10)8(2)3/h6-8H,4-5H2,1-3H3,(H2,15,16,18,19). The highest BCUT2D eigenvalue weighted by Gasteiger charge is 2.14. The molecule has 0 radical (unpaired) electrons. The van der Waals surface area contributed by atoms with Crippen molar-refractivity contribution in [2.45, 2.75) is 39.7 Å². The molecule has 0 saturated heterocycles. The molecule has 0 fully saturated rings. The Morgan fingerprint density at radius 3 is 2.79 bits per heavy atom. The molecule has 0 unspecified atom stereocenters. The molecule has 0 atom stereocenters. The summed E-state index contributed by atoms with van der Waals surface area (Å²) >= 11 is 0. The van der Waals surface area contributed by atoms with E-state index < -0.39 is 0 Å². The Kier molecular flexibility index (Phi) is 3.69. The molecule has 0 bridgehead atoms. The third kappa shape index (κ3) is 2.52. The first-order valence-electron chi connectivity index (χ1n) is 6.39. The monoisotopic (exact) mass is 262 g/mol. The van der Waals surface area contributed by atoms with E-state index in [-0.39, 0.29) is 17.5 Å². The predicted octanol–water partition coefficient (Wildman–Crippen LogP) is 1.87. The maximum atomic E-state index is 11.9. The largest absolute Gasteiger partial charge is 0.493 e. The van der Waals surface area contributed by atoms with Crippen molar-refractivity contribution in [2.24, 2.45) is 0 Å². The molecule has 0 aliphatic carbocycles. The Morgan fingerprint density at radius 1 is 1.47 bits per heavy atom. The van der Waals surface area contributed by atoms with Crippen LogP contribution in [0.5, 0.6) is 5.88 Å². The topological polar surface area (TPSA) is 83.8 Å². The molecule has 2 rings (SSSR count). The minimum atomic E-state index is -0.291. The number of hydrogen-bond acceptors (Lipinski definition) is 4. The summed E-state index contributed by atoms with van der Waals surface area (Å²) in [6.45, 7) is 5.96. The molecule has 0 amide bonds. The fraction of sp³-hybridized carbons (Fsp3) is 0.462. The van der Waals surface area contributed by atoms with Gasteiger partial charge in [0.25, 0.3) is 5.56 Å². The van der Waals surface area contributed by atoms with Crippen LogP contribution in [0.1, 0.15) is 38.8 Å². The van der Waals surface area contributed by atoms with Gasteiger partial charge in [-0.15, -0.1) is 0 Å². The van der Waals surface area contributed by atoms with Crippen LogP contribution in [0, 0.1) is 0 Å². The highest BCUT2D eigenvalue weighted by Crippen LogP contribution is 2.20. The second-order valence-corrected chi connectivity index (χ2v) is 4.75. The van der Waals surface area contributed by atoms with Gasteiger partial charge in [0, 0.05) is 6.04 Å². The van der Waals surface area contributed by atoms with Crippen molar-refractivity contribution < 1.29 is 5.11 Å². The van der Waals surface area contributed by atoms with Crippen LogP contribution in [0.25, 0.3) is 11.5 Å². The smallest absolute Gasteiger partial charge is 0.258 e. The van der Waals surface area contributed by atoms with Crippen molar-refractivity contribution in [2.75, 3.05) is 0 Å². The first-order valence-corrected chi connectivity index (χ1v) is 6.39. The first-order chi connectivity index (χ1) is 9.04. The summed E-state index contributed by atoms with van der Waals surface area (Å²) < 4.78 is 1.89. The van der Waals surface area contributed by atoms with Crippen LogP contribution in [-0.2, 0) is 6.42 Å². The second-order valence-electron chi connectivity index (χ2n) is 4.75. The predicted molar refractivity (Wildman–Crippen MR) is 72.1 cm³/mol. The number of nitrogens with zero attached hydrogens (tertiary/aromatic N) is 3. The van der Waals surface area contributed by atoms with Crippen LogP contribution >= 0.6 is 0 Å². The number of aromatic amines is 1. The van der Waals surface area contributed by atoms with Gasteiger partial charge in [-0.3, -0.25) is 4.79 Å². The molecule has 0 aromatic carbocycles. The summed E-state index contributed by atoms with van der Waals surface area (Å²) in [5.74, 6) is 0.144. The lowest BCUT2D eigenvalue weighted by Gasteiger charge is -2.11. The van der Waals surface area contributed by atoms with Gasteiger partial charge in [0.2, 0.25) is 5.88 Å². The van der Waals surface area contributed by atoms with Gasteiger partial charge in [-0.25, -0.2) is 4.98 Å². The molecular weight excluding hydrogens is 244 g/mol. The number of rotatable bonds is 4. The maximum Gasteiger partial charge on any atom is 0.258 e. The van der Waals surface area contributed by atoms with Crippen LogP contribution in [0.3, 0.4) is 0 Å². The number of aromatic nitrogens is 4. The molecule has 2 aromatic rings. The lowest BCUT2D eigenvalue weighted by Crippen LogP contribution is -2.16. The number of imidazole rings is 1. The minimum absolute atomic E-state index is 0.195. The molecule has 2 aromatic heterocycles. The number of H-pyrrole nitrogens is 1. The number of nitrogens with one attached hydrogen (secondary N) is 1. The highest BCUT2D eigenvalue weighted by atomic mass is 16.3. The highest BCUT2D eigenvalue weighted by molar-refractivity contribution is 5.50. The van der Waals surface area contributed by atoms with Gasteiger partial charge < -0.3 is 14.7 Å². The summed E-state index contributed by atoms with van der Waals surface area (Å²) in [5, 5.41) is 9.87. The quantitative estimate of drug-likeness (QED) is 0.881. The third-order valence-electron chi connectivity index (χ3n) is 2.96. The zero-order valence-electron chi connectivity index (χ0n) is 11.3. The van der Waals surface area contributed by atoms with Crippen molar-refractivity contribution >= 4 is 0 Å². The van der Waals surface area contributed by atoms with Crippen molar-refractivity contribution in [1.82, 2.24) is 19.5 Å². The van der Waals surface area contributed by atoms with Crippen LogP contribution in [0.15, 0.2) is 17.3 Å². The van der Waals surface area contributed by atoms with E-state index in [1.165, 1.54) is 0 Å². The van der Waals surface area contributed by atoms with E-state index in [1.807, 2.05) is 25.3 Å². The van der Waals surface area contributed by atoms with E-state index in [2.05, 4.69) is 15.0 Å². The fourth-order valence-corrected chi connectivity index (χ4v) is 1.98. The zero-order chi connectivity index (χ0) is 14.0. The number of aromatic hydroxyl groups is 1. The molecule has 0 aliphatic rings. The summed E-state index contributed by atoms with van der Waals surface area (Å²) in [4.78, 5) is 22.8. The molecule has 2 N–H and O–H groups in total. The van der Waals surface area contributed by atoms with Gasteiger partial charge in [0.15, 0.2) is 5.82 Å². The second kappa shape index (κ2) is 5.26. The first kappa shape index (κ1) is 13.3. The summed E-state index contributed by atoms with van der Waals surface area (Å²) in [5.41, 5.74) is 0.730. The van der Waals surface area contributed by atoms with E-state index in [4.69, 9.17) is 0 Å². The fourth-order valence-electron chi connectivity index (χ4n) is 1.98. The molecule has 102 valence electrons. The number of hydrogen-bond donors (Lipinski definition) is 2. The molecule has 6 heteroatoms. The third-order valence-corrected chi connectivity index (χ3v) is 2.96. The van der Waals surface area contributed by atoms with Gasteiger partial charge in [0.1, 0.15) is 5.69 Å². The SMILES string of the molecule is CCCc1c(O)nc(-c2cncn2C(C)C)[nH]c1=O. The van der Waals surface area contributed by atoms with Crippen molar-refractivity contribution in [3.63, 3.8) is 0 Å². The Balaban J connectivity index is 2.53. The Bertz CT molecular complexity index is 628. The Hall–Kier alpha value is -2.11. The lowest BCUT2D eigenvalue weighted by atomic mass is 10.2. The Labute approximate surface area is 111 Å². The van der Waals surface area contributed by atoms with E-state index >= 15 is 0 Å². The summed E-state index contributed by atoms with van der Waals surface area (Å²) in [6, 6.07) is 0.195. The zero-order valence-corrected chi connectivity index (χ0v) is 11.3. The van der Waals surface area contributed by atoms with Gasteiger partial charge in [0.05, 0.1) is 18.1 Å². The van der Waals surface area contributed by atoms with E-state index in [9.17, 15) is 9.90 Å². The van der Waals surface area contributed by atoms with Crippen LogP contribution < -0.4 is 5.56 Å². The van der Waals surface area contributed by atoms with Gasteiger partial charge >= 0.3 is 0 Å². The van der Waals surface area contributed by atoms with Gasteiger partial charge in [-0.1, -0.05) is 13.3 Å². The average Bonchev–Trinajstić information content (AvgIpc) is 2.82. The summed E-state index contributed by atoms with van der Waals surface area (Å²) in [6.07, 6.45) is 4.59. The minimum Gasteiger partial charge on any atom is -0.493 e. The van der Waals surface area contributed by atoms with Gasteiger partial charge in [-0.05, 0) is 20.3 Å². The molecule has 2 heterocycles. The molecule has 0 saturated carbocycles. The average molecular weight is 262 g/mol. The van der Waals surface area contributed by atoms with E-state index in [0.717, 1.165) is 6.42 Å². The molecule has 19 heavy (non-hydrogen) atoms. The Morgan fingerprint density at radius 2 is 2.21 bits per heavy atom. The molecule has 6 nitrogen and oxygen atoms in total. The molecule has 0 spiro atoms. The normalized spacial score (nSPS) is 11.2. The van der Waals surface area contributed by atoms with Crippen molar-refractivity contribution in [1.29, 1.82) is 0 Å². The van der Waals surface area contributed by atoms with Crippen molar-refractivity contribution in [3.8, 4) is 17.4 Å². The lowest BCUT2D eigenvalue weighted by molar-refractivity contribution is 0.442. The van der Waals surface area contributed by atoms with E-state index in [0.29, 0.717) is 23.5 Å². The molecule has 0 aliphatic heterocycles. The maximum absolute atomic E-state index is 11.9. The van der Waals surface area contributed by atoms with Crippen LogP contribution in [-0.4, -0.2) is 24.6 Å².